The molecule has 20 heavy (non-hydrogen) atoms. The van der Waals surface area contributed by atoms with Crippen LogP contribution in [0.3, 0.4) is 0 Å². The Kier molecular flexibility index (Phi) is 4.23. The normalized spacial score (nSPS) is 10.4. The van der Waals surface area contributed by atoms with Crippen LogP contribution in [0.25, 0.3) is 0 Å². The molecular weight excluding hydrogens is 248 g/mol. The van der Waals surface area contributed by atoms with Gasteiger partial charge in [0.1, 0.15) is 5.75 Å². The van der Waals surface area contributed by atoms with Crippen LogP contribution in [0.5, 0.6) is 5.75 Å². The van der Waals surface area contributed by atoms with E-state index in [4.69, 9.17) is 4.74 Å². The van der Waals surface area contributed by atoms with Gasteiger partial charge in [0.15, 0.2) is 5.78 Å². The van der Waals surface area contributed by atoms with Crippen molar-refractivity contribution in [3.05, 3.63) is 64.2 Å². The van der Waals surface area contributed by atoms with Gasteiger partial charge in [-0.3, -0.25) is 4.79 Å². The first-order valence-corrected chi connectivity index (χ1v) is 6.75. The third kappa shape index (κ3) is 3.08. The minimum atomic E-state index is 0.150. The van der Waals surface area contributed by atoms with Gasteiger partial charge in [-0.05, 0) is 49.6 Å². The third-order valence-corrected chi connectivity index (χ3v) is 3.53. The van der Waals surface area contributed by atoms with Crippen LogP contribution < -0.4 is 4.74 Å². The number of ketones is 1. The average Bonchev–Trinajstić information content (AvgIpc) is 2.43. The smallest absolute Gasteiger partial charge is 0.167 e. The first-order valence-electron chi connectivity index (χ1n) is 6.75. The second-order valence-corrected chi connectivity index (χ2v) is 5.22. The lowest BCUT2D eigenvalue weighted by molar-refractivity contribution is 0.0992. The lowest BCUT2D eigenvalue weighted by Crippen LogP contribution is -2.06. The molecule has 0 atom stereocenters. The number of carbonyl (C=O) groups is 1. The van der Waals surface area contributed by atoms with Crippen molar-refractivity contribution in [1.82, 2.24) is 0 Å². The highest BCUT2D eigenvalue weighted by Crippen LogP contribution is 2.23. The minimum Gasteiger partial charge on any atom is -0.496 e. The summed E-state index contributed by atoms with van der Waals surface area (Å²) in [6.07, 6.45) is 0.437. The fourth-order valence-corrected chi connectivity index (χ4v) is 2.30. The first kappa shape index (κ1) is 14.3. The van der Waals surface area contributed by atoms with Gasteiger partial charge in [0.2, 0.25) is 0 Å². The van der Waals surface area contributed by atoms with E-state index in [0.29, 0.717) is 6.42 Å². The maximum absolute atomic E-state index is 12.4. The van der Waals surface area contributed by atoms with Crippen molar-refractivity contribution in [3.8, 4) is 5.75 Å². The van der Waals surface area contributed by atoms with E-state index in [9.17, 15) is 4.79 Å². The van der Waals surface area contributed by atoms with Crippen molar-refractivity contribution >= 4 is 5.78 Å². The van der Waals surface area contributed by atoms with Crippen LogP contribution >= 0.6 is 0 Å². The summed E-state index contributed by atoms with van der Waals surface area (Å²) in [7, 11) is 1.65. The van der Waals surface area contributed by atoms with Crippen LogP contribution in [0, 0.1) is 20.8 Å². The summed E-state index contributed by atoms with van der Waals surface area (Å²) >= 11 is 0. The summed E-state index contributed by atoms with van der Waals surface area (Å²) in [6.45, 7) is 5.95. The molecule has 0 saturated carbocycles. The van der Waals surface area contributed by atoms with Gasteiger partial charge in [0.05, 0.1) is 7.11 Å². The molecule has 0 fully saturated rings. The van der Waals surface area contributed by atoms with Crippen molar-refractivity contribution in [2.75, 3.05) is 7.11 Å². The SMILES string of the molecule is COc1cc(C)c(C(=O)Cc2ccc(C)cc2)cc1C. The fourth-order valence-electron chi connectivity index (χ4n) is 2.30. The van der Waals surface area contributed by atoms with E-state index in [1.165, 1.54) is 5.56 Å². The van der Waals surface area contributed by atoms with Crippen LogP contribution in [0.1, 0.15) is 32.6 Å². The zero-order valence-electron chi connectivity index (χ0n) is 12.5. The van der Waals surface area contributed by atoms with Gasteiger partial charge in [0, 0.05) is 12.0 Å². The summed E-state index contributed by atoms with van der Waals surface area (Å²) in [6, 6.07) is 11.9. The highest BCUT2D eigenvalue weighted by atomic mass is 16.5. The van der Waals surface area contributed by atoms with E-state index in [2.05, 4.69) is 0 Å². The molecule has 0 amide bonds. The number of carbonyl (C=O) groups excluding carboxylic acids is 1. The standard InChI is InChI=1S/C18H20O2/c1-12-5-7-15(8-6-12)11-17(19)16-9-14(3)18(20-4)10-13(16)2/h5-10H,11H2,1-4H3. The van der Waals surface area contributed by atoms with Crippen LogP contribution in [-0.2, 0) is 6.42 Å². The number of benzene rings is 2. The molecule has 0 aliphatic rings. The quantitative estimate of drug-likeness (QED) is 0.782. The molecule has 0 heterocycles. The lowest BCUT2D eigenvalue weighted by Gasteiger charge is -2.10. The molecule has 0 aliphatic carbocycles. The number of ether oxygens (including phenoxy) is 1. The van der Waals surface area contributed by atoms with Crippen molar-refractivity contribution in [3.63, 3.8) is 0 Å². The summed E-state index contributed by atoms with van der Waals surface area (Å²) in [5, 5.41) is 0. The Morgan fingerprint density at radius 2 is 1.65 bits per heavy atom. The Bertz CT molecular complexity index is 625. The van der Waals surface area contributed by atoms with Crippen LogP contribution in [0.15, 0.2) is 36.4 Å². The molecule has 0 aromatic heterocycles. The molecule has 2 nitrogen and oxygen atoms in total. The van der Waals surface area contributed by atoms with Gasteiger partial charge < -0.3 is 4.74 Å². The van der Waals surface area contributed by atoms with Crippen molar-refractivity contribution in [1.29, 1.82) is 0 Å². The minimum absolute atomic E-state index is 0.150. The number of hydrogen-bond acceptors (Lipinski definition) is 2. The predicted molar refractivity (Wildman–Crippen MR) is 81.7 cm³/mol. The Hall–Kier alpha value is -2.09. The first-order chi connectivity index (χ1) is 9.51. The van der Waals surface area contributed by atoms with E-state index in [-0.39, 0.29) is 5.78 Å². The second-order valence-electron chi connectivity index (χ2n) is 5.22. The van der Waals surface area contributed by atoms with Gasteiger partial charge in [-0.15, -0.1) is 0 Å². The van der Waals surface area contributed by atoms with Gasteiger partial charge in [0.25, 0.3) is 0 Å². The highest BCUT2D eigenvalue weighted by molar-refractivity contribution is 5.99. The highest BCUT2D eigenvalue weighted by Gasteiger charge is 2.12. The molecular formula is C18H20O2. The molecule has 0 bridgehead atoms. The molecule has 0 spiro atoms. The zero-order valence-corrected chi connectivity index (χ0v) is 12.5. The molecule has 0 radical (unpaired) electrons. The molecule has 2 heteroatoms. The Balaban J connectivity index is 2.25. The fraction of sp³-hybridized carbons (Fsp3) is 0.278. The van der Waals surface area contributed by atoms with Crippen molar-refractivity contribution < 1.29 is 9.53 Å². The van der Waals surface area contributed by atoms with E-state index in [1.54, 1.807) is 7.11 Å². The van der Waals surface area contributed by atoms with E-state index < -0.39 is 0 Å². The molecule has 0 unspecified atom stereocenters. The van der Waals surface area contributed by atoms with Crippen LogP contribution in [0.2, 0.25) is 0 Å². The number of hydrogen-bond donors (Lipinski definition) is 0. The maximum Gasteiger partial charge on any atom is 0.167 e. The molecule has 2 rings (SSSR count). The number of Topliss-reactive ketones (excluding diaryl/α,β-unsaturated/α-hetero) is 1. The molecule has 0 aliphatic heterocycles. The summed E-state index contributed by atoms with van der Waals surface area (Å²) < 4.78 is 5.28. The summed E-state index contributed by atoms with van der Waals surface area (Å²) in [5.74, 6) is 0.978. The lowest BCUT2D eigenvalue weighted by atomic mass is 9.96. The molecule has 0 saturated heterocycles. The Morgan fingerprint density at radius 3 is 2.25 bits per heavy atom. The van der Waals surface area contributed by atoms with Crippen LogP contribution in [0.4, 0.5) is 0 Å². The predicted octanol–water partition coefficient (Wildman–Crippen LogP) is 4.05. The third-order valence-electron chi connectivity index (χ3n) is 3.53. The average molecular weight is 268 g/mol. The number of methoxy groups -OCH3 is 1. The molecule has 104 valence electrons. The van der Waals surface area contributed by atoms with Gasteiger partial charge in [-0.2, -0.15) is 0 Å². The zero-order chi connectivity index (χ0) is 14.7. The Labute approximate surface area is 120 Å². The van der Waals surface area contributed by atoms with E-state index in [1.807, 2.05) is 57.2 Å². The summed E-state index contributed by atoms with van der Waals surface area (Å²) in [5.41, 5.74) is 4.99. The molecule has 2 aromatic carbocycles. The Morgan fingerprint density at radius 1 is 1.00 bits per heavy atom. The van der Waals surface area contributed by atoms with Gasteiger partial charge in [-0.1, -0.05) is 29.8 Å². The molecule has 2 aromatic rings. The van der Waals surface area contributed by atoms with E-state index in [0.717, 1.165) is 28.0 Å². The number of rotatable bonds is 4. The van der Waals surface area contributed by atoms with Crippen LogP contribution in [-0.4, -0.2) is 12.9 Å². The maximum atomic E-state index is 12.4. The largest absolute Gasteiger partial charge is 0.496 e. The van der Waals surface area contributed by atoms with Gasteiger partial charge in [-0.25, -0.2) is 0 Å². The van der Waals surface area contributed by atoms with Gasteiger partial charge >= 0.3 is 0 Å². The van der Waals surface area contributed by atoms with Crippen molar-refractivity contribution in [2.24, 2.45) is 0 Å². The monoisotopic (exact) mass is 268 g/mol. The van der Waals surface area contributed by atoms with E-state index >= 15 is 0 Å². The van der Waals surface area contributed by atoms with Crippen molar-refractivity contribution in [2.45, 2.75) is 27.2 Å². The molecule has 0 N–H and O–H groups in total. The number of aryl methyl sites for hydroxylation is 3. The topological polar surface area (TPSA) is 26.3 Å². The summed E-state index contributed by atoms with van der Waals surface area (Å²) in [4.78, 5) is 12.4. The second kappa shape index (κ2) is 5.91.